The van der Waals surface area contributed by atoms with Gasteiger partial charge >= 0.3 is 5.97 Å². The van der Waals surface area contributed by atoms with Gasteiger partial charge in [0.1, 0.15) is 17.4 Å². The van der Waals surface area contributed by atoms with E-state index in [-0.39, 0.29) is 30.4 Å². The predicted octanol–water partition coefficient (Wildman–Crippen LogP) is 0.207. The standard InChI is InChI=1S/C18H17N5O5/c1-26-14(25)6-12-16-15(11(7-19)17(21)28-18(16)23-22-12)9-3-2-4-10(5-9)27-8-13(20)24/h2-5,15H,6,8,21H2,1H3,(H2,20,24)(H,22,23). The van der Waals surface area contributed by atoms with Crippen LogP contribution in [0.25, 0.3) is 0 Å². The molecule has 0 fully saturated rings. The highest BCUT2D eigenvalue weighted by atomic mass is 16.5. The summed E-state index contributed by atoms with van der Waals surface area (Å²) in [6.45, 7) is -0.287. The van der Waals surface area contributed by atoms with E-state index in [0.29, 0.717) is 22.6 Å². The smallest absolute Gasteiger partial charge is 0.311 e. The molecule has 1 aromatic heterocycles. The number of H-pyrrole nitrogens is 1. The average Bonchev–Trinajstić information content (AvgIpc) is 3.07. The Balaban J connectivity index is 2.08. The maximum atomic E-state index is 11.8. The van der Waals surface area contributed by atoms with E-state index in [1.54, 1.807) is 24.3 Å². The van der Waals surface area contributed by atoms with Crippen LogP contribution in [-0.2, 0) is 20.7 Å². The van der Waals surface area contributed by atoms with Gasteiger partial charge in [0.2, 0.25) is 11.8 Å². The van der Waals surface area contributed by atoms with Gasteiger partial charge in [-0.3, -0.25) is 14.7 Å². The van der Waals surface area contributed by atoms with Crippen molar-refractivity contribution in [1.82, 2.24) is 10.2 Å². The summed E-state index contributed by atoms with van der Waals surface area (Å²) in [5, 5.41) is 16.4. The molecule has 144 valence electrons. The van der Waals surface area contributed by atoms with E-state index < -0.39 is 17.8 Å². The van der Waals surface area contributed by atoms with E-state index >= 15 is 0 Å². The van der Waals surface area contributed by atoms with Crippen molar-refractivity contribution in [3.05, 3.63) is 52.5 Å². The third kappa shape index (κ3) is 3.59. The number of carbonyl (C=O) groups excluding carboxylic acids is 2. The third-order valence-corrected chi connectivity index (χ3v) is 4.14. The van der Waals surface area contributed by atoms with E-state index in [1.165, 1.54) is 7.11 Å². The van der Waals surface area contributed by atoms with Gasteiger partial charge in [0, 0.05) is 0 Å². The predicted molar refractivity (Wildman–Crippen MR) is 94.7 cm³/mol. The number of benzene rings is 1. The number of carbonyl (C=O) groups is 2. The van der Waals surface area contributed by atoms with Crippen molar-refractivity contribution < 1.29 is 23.8 Å². The summed E-state index contributed by atoms with van der Waals surface area (Å²) < 4.78 is 15.5. The topological polar surface area (TPSA) is 166 Å². The van der Waals surface area contributed by atoms with Crippen molar-refractivity contribution in [1.29, 1.82) is 5.26 Å². The molecule has 0 spiro atoms. The largest absolute Gasteiger partial charge is 0.484 e. The Hall–Kier alpha value is -4.00. The quantitative estimate of drug-likeness (QED) is 0.595. The van der Waals surface area contributed by atoms with Crippen molar-refractivity contribution in [3.8, 4) is 17.7 Å². The number of aromatic amines is 1. The lowest BCUT2D eigenvalue weighted by Gasteiger charge is -2.24. The molecule has 10 heteroatoms. The van der Waals surface area contributed by atoms with Gasteiger partial charge in [-0.25, -0.2) is 0 Å². The molecular formula is C18H17N5O5. The molecule has 1 atom stereocenters. The number of hydrogen-bond acceptors (Lipinski definition) is 8. The molecule has 10 nitrogen and oxygen atoms in total. The summed E-state index contributed by atoms with van der Waals surface area (Å²) in [6, 6.07) is 8.82. The molecule has 0 saturated heterocycles. The van der Waals surface area contributed by atoms with Gasteiger partial charge in [-0.15, -0.1) is 5.10 Å². The van der Waals surface area contributed by atoms with Crippen LogP contribution in [0.4, 0.5) is 0 Å². The van der Waals surface area contributed by atoms with Gasteiger partial charge in [0.15, 0.2) is 6.61 Å². The fourth-order valence-electron chi connectivity index (χ4n) is 2.93. The molecule has 3 rings (SSSR count). The van der Waals surface area contributed by atoms with Gasteiger partial charge in [0.25, 0.3) is 5.91 Å². The third-order valence-electron chi connectivity index (χ3n) is 4.14. The van der Waals surface area contributed by atoms with Gasteiger partial charge < -0.3 is 25.7 Å². The molecular weight excluding hydrogens is 366 g/mol. The Labute approximate surface area is 159 Å². The minimum absolute atomic E-state index is 0.0837. The number of nitrogens with one attached hydrogen (secondary N) is 1. The number of allylic oxidation sites excluding steroid dienone is 1. The number of nitriles is 1. The Morgan fingerprint density at radius 1 is 1.43 bits per heavy atom. The SMILES string of the molecule is COC(=O)Cc1[nH]nc2c1C(c1cccc(OCC(N)=O)c1)C(C#N)=C(N)O2. The number of primary amides is 1. The lowest BCUT2D eigenvalue weighted by Crippen LogP contribution is -2.22. The minimum atomic E-state index is -0.649. The Kier molecular flexibility index (Phi) is 5.17. The van der Waals surface area contributed by atoms with Gasteiger partial charge in [-0.05, 0) is 17.7 Å². The molecule has 28 heavy (non-hydrogen) atoms. The number of rotatable bonds is 6. The first kappa shape index (κ1) is 18.8. The van der Waals surface area contributed by atoms with Crippen LogP contribution in [-0.4, -0.2) is 35.8 Å². The van der Waals surface area contributed by atoms with Crippen LogP contribution in [0.5, 0.6) is 11.6 Å². The van der Waals surface area contributed by atoms with Crippen LogP contribution >= 0.6 is 0 Å². The number of ether oxygens (including phenoxy) is 3. The normalized spacial score (nSPS) is 15.2. The number of hydrogen-bond donors (Lipinski definition) is 3. The Morgan fingerprint density at radius 3 is 2.89 bits per heavy atom. The Bertz CT molecular complexity index is 1000. The van der Waals surface area contributed by atoms with E-state index in [4.69, 9.17) is 25.7 Å². The summed E-state index contributed by atoms with van der Waals surface area (Å²) in [6.07, 6.45) is -0.0881. The van der Waals surface area contributed by atoms with Crippen LogP contribution in [0, 0.1) is 11.3 Å². The van der Waals surface area contributed by atoms with Gasteiger partial charge in [-0.2, -0.15) is 5.26 Å². The van der Waals surface area contributed by atoms with Crippen molar-refractivity contribution in [2.75, 3.05) is 13.7 Å². The highest BCUT2D eigenvalue weighted by Gasteiger charge is 2.35. The zero-order valence-corrected chi connectivity index (χ0v) is 14.9. The summed E-state index contributed by atoms with van der Waals surface area (Å²) in [7, 11) is 1.28. The fraction of sp³-hybridized carbons (Fsp3) is 0.222. The minimum Gasteiger partial charge on any atom is -0.484 e. The molecule has 0 aliphatic carbocycles. The zero-order chi connectivity index (χ0) is 20.3. The first-order valence-corrected chi connectivity index (χ1v) is 8.17. The average molecular weight is 383 g/mol. The first-order valence-electron chi connectivity index (χ1n) is 8.17. The summed E-state index contributed by atoms with van der Waals surface area (Å²) in [5.41, 5.74) is 12.8. The number of methoxy groups -OCH3 is 1. The van der Waals surface area contributed by atoms with Gasteiger partial charge in [-0.1, -0.05) is 12.1 Å². The van der Waals surface area contributed by atoms with Crippen LogP contribution < -0.4 is 20.9 Å². The molecule has 2 aromatic rings. The number of nitrogens with zero attached hydrogens (tertiary/aromatic N) is 2. The first-order chi connectivity index (χ1) is 13.4. The van der Waals surface area contributed by atoms with Crippen molar-refractivity contribution >= 4 is 11.9 Å². The molecule has 2 heterocycles. The number of amides is 1. The van der Waals surface area contributed by atoms with Gasteiger partial charge in [0.05, 0.1) is 30.7 Å². The second-order valence-corrected chi connectivity index (χ2v) is 5.93. The number of nitrogens with two attached hydrogens (primary N) is 2. The number of esters is 1. The summed E-state index contributed by atoms with van der Waals surface area (Å²) in [5.74, 6) is -1.27. The molecule has 1 aliphatic heterocycles. The summed E-state index contributed by atoms with van der Waals surface area (Å²) >= 11 is 0. The van der Waals surface area contributed by atoms with E-state index in [2.05, 4.69) is 16.3 Å². The molecule has 0 saturated carbocycles. The van der Waals surface area contributed by atoms with Crippen LogP contribution in [0.3, 0.4) is 0 Å². The molecule has 1 aliphatic rings. The number of fused-ring (bicyclic) bond motifs is 1. The second-order valence-electron chi connectivity index (χ2n) is 5.93. The molecule has 0 bridgehead atoms. The highest BCUT2D eigenvalue weighted by molar-refractivity contribution is 5.75. The van der Waals surface area contributed by atoms with Crippen molar-refractivity contribution in [3.63, 3.8) is 0 Å². The lowest BCUT2D eigenvalue weighted by atomic mass is 9.83. The van der Waals surface area contributed by atoms with Crippen LogP contribution in [0.1, 0.15) is 22.7 Å². The maximum Gasteiger partial charge on any atom is 0.311 e. The van der Waals surface area contributed by atoms with E-state index in [0.717, 1.165) is 0 Å². The Morgan fingerprint density at radius 2 is 2.21 bits per heavy atom. The summed E-state index contributed by atoms with van der Waals surface area (Å²) in [4.78, 5) is 22.7. The monoisotopic (exact) mass is 383 g/mol. The lowest BCUT2D eigenvalue weighted by molar-refractivity contribution is -0.139. The maximum absolute atomic E-state index is 11.8. The van der Waals surface area contributed by atoms with Crippen LogP contribution in [0.15, 0.2) is 35.7 Å². The van der Waals surface area contributed by atoms with Crippen molar-refractivity contribution in [2.24, 2.45) is 11.5 Å². The molecule has 0 radical (unpaired) electrons. The van der Waals surface area contributed by atoms with E-state index in [1.807, 2.05) is 0 Å². The van der Waals surface area contributed by atoms with E-state index in [9.17, 15) is 14.9 Å². The molecule has 5 N–H and O–H groups in total. The zero-order valence-electron chi connectivity index (χ0n) is 14.9. The van der Waals surface area contributed by atoms with Crippen LogP contribution in [0.2, 0.25) is 0 Å². The fourth-order valence-corrected chi connectivity index (χ4v) is 2.93. The molecule has 1 unspecified atom stereocenters. The molecule has 1 amide bonds. The second kappa shape index (κ2) is 7.71. The number of aromatic nitrogens is 2. The molecule has 1 aromatic carbocycles. The van der Waals surface area contributed by atoms with Crippen molar-refractivity contribution in [2.45, 2.75) is 12.3 Å². The highest BCUT2D eigenvalue weighted by Crippen LogP contribution is 2.43.